The Kier molecular flexibility index (Phi) is 5.99. The van der Waals surface area contributed by atoms with Crippen LogP contribution in [0.4, 0.5) is 8.78 Å². The molecule has 0 radical (unpaired) electrons. The number of halogens is 2. The van der Waals surface area contributed by atoms with Crippen molar-refractivity contribution < 1.29 is 26.7 Å². The lowest BCUT2D eigenvalue weighted by Crippen LogP contribution is -2.43. The highest BCUT2D eigenvalue weighted by Crippen LogP contribution is 2.35. The van der Waals surface area contributed by atoms with Gasteiger partial charge in [0.1, 0.15) is 0 Å². The fourth-order valence-corrected chi connectivity index (χ4v) is 4.86. The van der Waals surface area contributed by atoms with E-state index in [1.165, 1.54) is 43.7 Å². The summed E-state index contributed by atoms with van der Waals surface area (Å²) in [6.07, 6.45) is 2.25. The molecule has 30 heavy (non-hydrogen) atoms. The molecule has 1 aliphatic rings. The van der Waals surface area contributed by atoms with Crippen LogP contribution >= 0.6 is 0 Å². The SMILES string of the molecule is COc1cc(CN(C2CC2)S(=O)(=O)c2cn(C)c(=O)n(C)c2=O)ccc1OC(F)F. The van der Waals surface area contributed by atoms with E-state index in [0.29, 0.717) is 18.4 Å². The van der Waals surface area contributed by atoms with E-state index in [1.54, 1.807) is 0 Å². The highest BCUT2D eigenvalue weighted by atomic mass is 32.2. The average Bonchev–Trinajstić information content (AvgIpc) is 3.52. The summed E-state index contributed by atoms with van der Waals surface area (Å²) in [5.41, 5.74) is -1.09. The van der Waals surface area contributed by atoms with Crippen LogP contribution in [0, 0.1) is 0 Å². The van der Waals surface area contributed by atoms with Crippen LogP contribution in [0.1, 0.15) is 18.4 Å². The summed E-state index contributed by atoms with van der Waals surface area (Å²) >= 11 is 0. The van der Waals surface area contributed by atoms with Gasteiger partial charge < -0.3 is 14.0 Å². The maximum absolute atomic E-state index is 13.3. The van der Waals surface area contributed by atoms with Crippen molar-refractivity contribution >= 4 is 10.0 Å². The molecule has 0 spiro atoms. The first-order chi connectivity index (χ1) is 14.1. The van der Waals surface area contributed by atoms with E-state index in [9.17, 15) is 26.8 Å². The second-order valence-corrected chi connectivity index (χ2v) is 8.76. The van der Waals surface area contributed by atoms with Gasteiger partial charge in [-0.3, -0.25) is 9.36 Å². The van der Waals surface area contributed by atoms with E-state index in [4.69, 9.17) is 4.74 Å². The number of benzene rings is 1. The van der Waals surface area contributed by atoms with Gasteiger partial charge >= 0.3 is 12.3 Å². The zero-order chi connectivity index (χ0) is 22.2. The summed E-state index contributed by atoms with van der Waals surface area (Å²) in [4.78, 5) is 23.9. The summed E-state index contributed by atoms with van der Waals surface area (Å²) in [6.45, 7) is -3.14. The van der Waals surface area contributed by atoms with Crippen LogP contribution in [0.3, 0.4) is 0 Å². The maximum atomic E-state index is 13.3. The van der Waals surface area contributed by atoms with Crippen molar-refractivity contribution in [2.24, 2.45) is 14.1 Å². The summed E-state index contributed by atoms with van der Waals surface area (Å²) in [5.74, 6) is -0.150. The fourth-order valence-electron chi connectivity index (χ4n) is 3.03. The van der Waals surface area contributed by atoms with E-state index in [-0.39, 0.29) is 24.1 Å². The molecule has 0 N–H and O–H groups in total. The molecule has 2 aromatic rings. The lowest BCUT2D eigenvalue weighted by atomic mass is 10.2. The zero-order valence-corrected chi connectivity index (χ0v) is 17.4. The predicted octanol–water partition coefficient (Wildman–Crippen LogP) is 1.05. The topological polar surface area (TPSA) is 99.8 Å². The minimum atomic E-state index is -4.23. The molecular weight excluding hydrogens is 424 g/mol. The molecule has 0 saturated heterocycles. The highest BCUT2D eigenvalue weighted by Gasteiger charge is 2.40. The number of sulfonamides is 1. The summed E-state index contributed by atoms with van der Waals surface area (Å²) in [7, 11) is -0.388. The van der Waals surface area contributed by atoms with Crippen molar-refractivity contribution in [3.05, 3.63) is 50.8 Å². The van der Waals surface area contributed by atoms with Crippen LogP contribution in [-0.2, 0) is 30.7 Å². The number of nitrogens with zero attached hydrogens (tertiary/aromatic N) is 3. The molecule has 1 aromatic heterocycles. The van der Waals surface area contributed by atoms with E-state index >= 15 is 0 Å². The molecule has 0 aliphatic heterocycles. The third-order valence-electron chi connectivity index (χ3n) is 4.74. The smallest absolute Gasteiger partial charge is 0.387 e. The van der Waals surface area contributed by atoms with Gasteiger partial charge in [0, 0.05) is 32.9 Å². The van der Waals surface area contributed by atoms with Gasteiger partial charge in [0.15, 0.2) is 16.4 Å². The molecule has 1 heterocycles. The highest BCUT2D eigenvalue weighted by molar-refractivity contribution is 7.89. The molecule has 1 aliphatic carbocycles. The van der Waals surface area contributed by atoms with Crippen molar-refractivity contribution in [3.8, 4) is 11.5 Å². The molecule has 0 amide bonds. The van der Waals surface area contributed by atoms with Crippen molar-refractivity contribution in [1.82, 2.24) is 13.4 Å². The number of alkyl halides is 2. The lowest BCUT2D eigenvalue weighted by molar-refractivity contribution is -0.0512. The number of ether oxygens (including phenoxy) is 2. The first-order valence-electron chi connectivity index (χ1n) is 8.96. The van der Waals surface area contributed by atoms with Crippen LogP contribution in [0.25, 0.3) is 0 Å². The molecule has 1 saturated carbocycles. The third kappa shape index (κ3) is 4.24. The maximum Gasteiger partial charge on any atom is 0.387 e. The van der Waals surface area contributed by atoms with Gasteiger partial charge in [-0.1, -0.05) is 6.07 Å². The quantitative estimate of drug-likeness (QED) is 0.602. The molecule has 12 heteroatoms. The Bertz CT molecular complexity index is 1170. The van der Waals surface area contributed by atoms with E-state index in [0.717, 1.165) is 15.3 Å². The first-order valence-corrected chi connectivity index (χ1v) is 10.4. The molecule has 164 valence electrons. The van der Waals surface area contributed by atoms with Crippen molar-refractivity contribution in [3.63, 3.8) is 0 Å². The molecule has 0 unspecified atom stereocenters. The van der Waals surface area contributed by atoms with Crippen LogP contribution in [0.15, 0.2) is 38.9 Å². The van der Waals surface area contributed by atoms with Gasteiger partial charge in [-0.15, -0.1) is 0 Å². The van der Waals surface area contributed by atoms with E-state index in [2.05, 4.69) is 4.74 Å². The van der Waals surface area contributed by atoms with Gasteiger partial charge in [0.25, 0.3) is 15.6 Å². The molecule has 1 aromatic carbocycles. The van der Waals surface area contributed by atoms with Gasteiger partial charge in [-0.05, 0) is 30.5 Å². The van der Waals surface area contributed by atoms with E-state index < -0.39 is 32.8 Å². The largest absolute Gasteiger partial charge is 0.493 e. The monoisotopic (exact) mass is 445 g/mol. The number of aryl methyl sites for hydroxylation is 1. The zero-order valence-electron chi connectivity index (χ0n) is 16.5. The minimum Gasteiger partial charge on any atom is -0.493 e. The normalized spacial score (nSPS) is 14.4. The van der Waals surface area contributed by atoms with Gasteiger partial charge in [-0.25, -0.2) is 13.2 Å². The van der Waals surface area contributed by atoms with Crippen LogP contribution < -0.4 is 20.7 Å². The first kappa shape index (κ1) is 22.0. The standard InChI is InChI=1S/C18H21F2N3O6S/c1-21-10-15(16(24)22(2)18(21)25)30(26,27)23(12-5-6-12)9-11-4-7-13(29-17(19)20)14(8-11)28-3/h4,7-8,10,12,17H,5-6,9H2,1-3H3. The van der Waals surface area contributed by atoms with Crippen molar-refractivity contribution in [2.45, 2.75) is 36.9 Å². The van der Waals surface area contributed by atoms with Gasteiger partial charge in [0.2, 0.25) is 0 Å². The third-order valence-corrected chi connectivity index (χ3v) is 6.62. The molecule has 1 fully saturated rings. The Morgan fingerprint density at radius 2 is 1.87 bits per heavy atom. The Morgan fingerprint density at radius 1 is 1.20 bits per heavy atom. The van der Waals surface area contributed by atoms with Gasteiger partial charge in [-0.2, -0.15) is 13.1 Å². The Morgan fingerprint density at radius 3 is 2.43 bits per heavy atom. The van der Waals surface area contributed by atoms with Gasteiger partial charge in [0.05, 0.1) is 7.11 Å². The summed E-state index contributed by atoms with van der Waals surface area (Å²) < 4.78 is 63.9. The number of methoxy groups -OCH3 is 1. The fraction of sp³-hybridized carbons (Fsp3) is 0.444. The number of rotatable bonds is 8. The molecule has 3 rings (SSSR count). The number of hydrogen-bond acceptors (Lipinski definition) is 6. The molecule has 0 atom stereocenters. The Labute approximate surface area is 171 Å². The van der Waals surface area contributed by atoms with Crippen molar-refractivity contribution in [1.29, 1.82) is 0 Å². The van der Waals surface area contributed by atoms with Crippen LogP contribution in [-0.4, -0.2) is 41.6 Å². The Hall–Kier alpha value is -2.73. The number of aromatic nitrogens is 2. The molecular formula is C18H21F2N3O6S. The number of hydrogen-bond donors (Lipinski definition) is 0. The summed E-state index contributed by atoms with van der Waals surface area (Å²) in [6, 6.07) is 3.81. The average molecular weight is 445 g/mol. The molecule has 9 nitrogen and oxygen atoms in total. The minimum absolute atomic E-state index is 0.0268. The lowest BCUT2D eigenvalue weighted by Gasteiger charge is -2.22. The second kappa shape index (κ2) is 8.19. The molecule has 0 bridgehead atoms. The second-order valence-electron chi connectivity index (χ2n) is 6.90. The predicted molar refractivity (Wildman–Crippen MR) is 102 cm³/mol. The van der Waals surface area contributed by atoms with E-state index in [1.807, 2.05) is 0 Å². The van der Waals surface area contributed by atoms with Crippen molar-refractivity contribution in [2.75, 3.05) is 7.11 Å². The summed E-state index contributed by atoms with van der Waals surface area (Å²) in [5, 5.41) is 0. The van der Waals surface area contributed by atoms with Crippen LogP contribution in [0.2, 0.25) is 0 Å². The van der Waals surface area contributed by atoms with Crippen LogP contribution in [0.5, 0.6) is 11.5 Å². The Balaban J connectivity index is 2.00.